The lowest BCUT2D eigenvalue weighted by Gasteiger charge is -2.31. The lowest BCUT2D eigenvalue weighted by Crippen LogP contribution is -2.43. The predicted molar refractivity (Wildman–Crippen MR) is 111 cm³/mol. The number of piperidine rings is 1. The molecule has 7 nitrogen and oxygen atoms in total. The van der Waals surface area contributed by atoms with Crippen molar-refractivity contribution in [3.63, 3.8) is 0 Å². The van der Waals surface area contributed by atoms with E-state index in [1.807, 2.05) is 12.1 Å². The van der Waals surface area contributed by atoms with Crippen molar-refractivity contribution in [1.29, 1.82) is 0 Å². The van der Waals surface area contributed by atoms with E-state index in [-0.39, 0.29) is 18.4 Å². The van der Waals surface area contributed by atoms with Crippen molar-refractivity contribution >= 4 is 15.9 Å². The number of fused-ring (bicyclic) bond motifs is 1. The molecule has 2 aromatic rings. The van der Waals surface area contributed by atoms with Gasteiger partial charge < -0.3 is 14.8 Å². The first-order chi connectivity index (χ1) is 14.4. The van der Waals surface area contributed by atoms with Crippen LogP contribution in [0.4, 0.5) is 0 Å². The van der Waals surface area contributed by atoms with Gasteiger partial charge in [0.25, 0.3) is 0 Å². The molecule has 1 fully saturated rings. The molecule has 1 unspecified atom stereocenters. The van der Waals surface area contributed by atoms with E-state index >= 15 is 0 Å². The highest BCUT2D eigenvalue weighted by atomic mass is 32.2. The number of carbonyl (C=O) groups is 1. The Morgan fingerprint density at radius 3 is 2.60 bits per heavy atom. The molecule has 0 radical (unpaired) electrons. The van der Waals surface area contributed by atoms with Gasteiger partial charge in [0.1, 0.15) is 11.9 Å². The summed E-state index contributed by atoms with van der Waals surface area (Å²) in [5.41, 5.74) is 2.40. The second kappa shape index (κ2) is 8.91. The summed E-state index contributed by atoms with van der Waals surface area (Å²) in [7, 11) is -3.55. The fourth-order valence-corrected chi connectivity index (χ4v) is 5.82. The van der Waals surface area contributed by atoms with Gasteiger partial charge in [0.15, 0.2) is 0 Å². The van der Waals surface area contributed by atoms with Crippen LogP contribution in [0.1, 0.15) is 48.7 Å². The molecular weight excluding hydrogens is 404 g/mol. The van der Waals surface area contributed by atoms with E-state index in [4.69, 9.17) is 4.42 Å². The monoisotopic (exact) mass is 432 g/mol. The molecule has 1 saturated heterocycles. The number of aryl methyl sites for hydroxylation is 2. The Labute approximate surface area is 177 Å². The van der Waals surface area contributed by atoms with Crippen LogP contribution in [0.3, 0.4) is 0 Å². The largest absolute Gasteiger partial charge is 0.467 e. The van der Waals surface area contributed by atoms with Gasteiger partial charge in [-0.3, -0.25) is 4.79 Å². The second-order valence-corrected chi connectivity index (χ2v) is 10.0. The normalized spacial score (nSPS) is 19.2. The lowest BCUT2D eigenvalue weighted by molar-refractivity contribution is -0.126. The Morgan fingerprint density at radius 1 is 1.17 bits per heavy atom. The maximum absolute atomic E-state index is 13.1. The number of hydrogen-bond acceptors (Lipinski definition) is 5. The maximum Gasteiger partial charge on any atom is 0.243 e. The number of nitrogens with zero attached hydrogens (tertiary/aromatic N) is 1. The SMILES string of the molecule is O=C(NCC(O)c1ccco1)C1CCN(S(=O)(=O)c2ccc3c(c2)CCCC3)CC1. The van der Waals surface area contributed by atoms with E-state index in [0.29, 0.717) is 36.6 Å². The van der Waals surface area contributed by atoms with Crippen LogP contribution in [0.2, 0.25) is 0 Å². The molecular formula is C22H28N2O5S. The maximum atomic E-state index is 13.1. The van der Waals surface area contributed by atoms with Gasteiger partial charge in [-0.1, -0.05) is 6.07 Å². The highest BCUT2D eigenvalue weighted by Crippen LogP contribution is 2.28. The average molecular weight is 433 g/mol. The zero-order chi connectivity index (χ0) is 21.1. The Balaban J connectivity index is 1.33. The second-order valence-electron chi connectivity index (χ2n) is 8.09. The minimum atomic E-state index is -3.55. The number of aliphatic hydroxyl groups is 1. The summed E-state index contributed by atoms with van der Waals surface area (Å²) in [6, 6.07) is 8.83. The molecule has 0 saturated carbocycles. The number of rotatable bonds is 6. The Kier molecular flexibility index (Phi) is 6.26. The molecule has 1 atom stereocenters. The summed E-state index contributed by atoms with van der Waals surface area (Å²) < 4.78 is 32.8. The minimum absolute atomic E-state index is 0.0694. The third kappa shape index (κ3) is 4.45. The van der Waals surface area contributed by atoms with Crippen LogP contribution >= 0.6 is 0 Å². The third-order valence-electron chi connectivity index (χ3n) is 6.12. The van der Waals surface area contributed by atoms with Crippen LogP contribution in [0, 0.1) is 5.92 Å². The Morgan fingerprint density at radius 2 is 1.90 bits per heavy atom. The van der Waals surface area contributed by atoms with Crippen LogP contribution in [-0.2, 0) is 27.7 Å². The Bertz CT molecular complexity index is 979. The molecule has 1 aromatic heterocycles. The molecule has 4 rings (SSSR count). The summed E-state index contributed by atoms with van der Waals surface area (Å²) in [5, 5.41) is 12.8. The first-order valence-corrected chi connectivity index (χ1v) is 12.0. The van der Waals surface area contributed by atoms with Crippen LogP contribution in [0.15, 0.2) is 45.9 Å². The zero-order valence-electron chi connectivity index (χ0n) is 16.9. The summed E-state index contributed by atoms with van der Waals surface area (Å²) in [5.74, 6) is -0.0171. The Hall–Kier alpha value is -2.16. The molecule has 2 heterocycles. The van der Waals surface area contributed by atoms with Gasteiger partial charge in [0.05, 0.1) is 17.7 Å². The third-order valence-corrected chi connectivity index (χ3v) is 8.02. The highest BCUT2D eigenvalue weighted by molar-refractivity contribution is 7.89. The molecule has 2 N–H and O–H groups in total. The molecule has 1 amide bonds. The zero-order valence-corrected chi connectivity index (χ0v) is 17.7. The van der Waals surface area contributed by atoms with Gasteiger partial charge in [0, 0.05) is 19.0 Å². The van der Waals surface area contributed by atoms with Gasteiger partial charge in [-0.25, -0.2) is 8.42 Å². The van der Waals surface area contributed by atoms with E-state index in [1.165, 1.54) is 16.1 Å². The number of nitrogens with one attached hydrogen (secondary N) is 1. The van der Waals surface area contributed by atoms with E-state index in [2.05, 4.69) is 5.32 Å². The van der Waals surface area contributed by atoms with Gasteiger partial charge in [-0.05, 0) is 73.9 Å². The van der Waals surface area contributed by atoms with Crippen molar-refractivity contribution in [2.75, 3.05) is 19.6 Å². The number of furan rings is 1. The first kappa shape index (κ1) is 21.1. The summed E-state index contributed by atoms with van der Waals surface area (Å²) in [6.45, 7) is 0.705. The molecule has 0 spiro atoms. The molecule has 1 aliphatic heterocycles. The fraction of sp³-hybridized carbons (Fsp3) is 0.500. The van der Waals surface area contributed by atoms with E-state index < -0.39 is 16.1 Å². The van der Waals surface area contributed by atoms with Crippen LogP contribution in [0.5, 0.6) is 0 Å². The molecule has 30 heavy (non-hydrogen) atoms. The topological polar surface area (TPSA) is 99.8 Å². The first-order valence-electron chi connectivity index (χ1n) is 10.6. The van der Waals surface area contributed by atoms with E-state index in [1.54, 1.807) is 18.2 Å². The van der Waals surface area contributed by atoms with Crippen molar-refractivity contribution in [1.82, 2.24) is 9.62 Å². The quantitative estimate of drug-likeness (QED) is 0.730. The molecule has 8 heteroatoms. The van der Waals surface area contributed by atoms with Gasteiger partial charge in [0.2, 0.25) is 15.9 Å². The lowest BCUT2D eigenvalue weighted by atomic mass is 9.92. The summed E-state index contributed by atoms with van der Waals surface area (Å²) >= 11 is 0. The smallest absolute Gasteiger partial charge is 0.243 e. The molecule has 0 bridgehead atoms. The number of benzene rings is 1. The van der Waals surface area contributed by atoms with Crippen LogP contribution in [-0.4, -0.2) is 43.4 Å². The van der Waals surface area contributed by atoms with Gasteiger partial charge >= 0.3 is 0 Å². The molecule has 1 aromatic carbocycles. The highest BCUT2D eigenvalue weighted by Gasteiger charge is 2.32. The van der Waals surface area contributed by atoms with Crippen molar-refractivity contribution < 1.29 is 22.7 Å². The number of hydrogen-bond donors (Lipinski definition) is 2. The van der Waals surface area contributed by atoms with Crippen molar-refractivity contribution in [3.8, 4) is 0 Å². The van der Waals surface area contributed by atoms with Crippen molar-refractivity contribution in [2.24, 2.45) is 5.92 Å². The summed E-state index contributed by atoms with van der Waals surface area (Å²) in [6.07, 6.45) is 5.72. The number of sulfonamides is 1. The molecule has 2 aliphatic rings. The van der Waals surface area contributed by atoms with Crippen molar-refractivity contribution in [2.45, 2.75) is 49.5 Å². The van der Waals surface area contributed by atoms with Gasteiger partial charge in [-0.15, -0.1) is 0 Å². The van der Waals surface area contributed by atoms with Crippen LogP contribution in [0.25, 0.3) is 0 Å². The van der Waals surface area contributed by atoms with Crippen LogP contribution < -0.4 is 5.32 Å². The van der Waals surface area contributed by atoms with Gasteiger partial charge in [-0.2, -0.15) is 4.31 Å². The van der Waals surface area contributed by atoms with E-state index in [9.17, 15) is 18.3 Å². The molecule has 1 aliphatic carbocycles. The van der Waals surface area contributed by atoms with Crippen molar-refractivity contribution in [3.05, 3.63) is 53.5 Å². The molecule has 162 valence electrons. The summed E-state index contributed by atoms with van der Waals surface area (Å²) in [4.78, 5) is 12.8. The number of aliphatic hydroxyl groups excluding tert-OH is 1. The minimum Gasteiger partial charge on any atom is -0.467 e. The predicted octanol–water partition coefficient (Wildman–Crippen LogP) is 2.41. The average Bonchev–Trinajstić information content (AvgIpc) is 3.32. The number of carbonyl (C=O) groups excluding carboxylic acids is 1. The van der Waals surface area contributed by atoms with E-state index in [0.717, 1.165) is 31.2 Å². The fourth-order valence-electron chi connectivity index (χ4n) is 4.30. The number of amides is 1. The standard InChI is InChI=1S/C22H28N2O5S/c25-20(21-6-3-13-29-21)15-23-22(26)17-9-11-24(12-10-17)30(27,28)19-8-7-16-4-1-2-5-18(16)14-19/h3,6-8,13-14,17,20,25H,1-2,4-5,9-12,15H2,(H,23,26).